The predicted octanol–water partition coefficient (Wildman–Crippen LogP) is 4.92. The van der Waals surface area contributed by atoms with Crippen LogP contribution < -0.4 is 0 Å². The second-order valence-electron chi connectivity index (χ2n) is 7.74. The van der Waals surface area contributed by atoms with Gasteiger partial charge >= 0.3 is 0 Å². The van der Waals surface area contributed by atoms with Crippen molar-refractivity contribution >= 4 is 18.3 Å². The fourth-order valence-electron chi connectivity index (χ4n) is 3.82. The molecule has 0 aromatic rings. The lowest BCUT2D eigenvalue weighted by atomic mass is 10.2. The Labute approximate surface area is 162 Å². The van der Waals surface area contributed by atoms with E-state index < -0.39 is 18.3 Å². The van der Waals surface area contributed by atoms with Gasteiger partial charge in [-0.3, -0.25) is 0 Å². The number of rotatable bonds is 10. The lowest BCUT2D eigenvalue weighted by Crippen LogP contribution is -2.47. The lowest BCUT2D eigenvalue weighted by molar-refractivity contribution is 0.368. The average Bonchev–Trinajstić information content (AvgIpc) is 2.47. The molecular formula is C20H37NO3SSi. The van der Waals surface area contributed by atoms with Gasteiger partial charge in [-0.05, 0) is 42.6 Å². The van der Waals surface area contributed by atoms with Crippen molar-refractivity contribution in [3.05, 3.63) is 24.0 Å². The van der Waals surface area contributed by atoms with Gasteiger partial charge in [0.2, 0.25) is 10.0 Å². The van der Waals surface area contributed by atoms with Crippen LogP contribution in [0.25, 0.3) is 0 Å². The second-order valence-corrected chi connectivity index (χ2v) is 15.1. The van der Waals surface area contributed by atoms with E-state index in [9.17, 15) is 8.42 Å². The molecule has 0 saturated carbocycles. The first kappa shape index (κ1) is 25.0. The van der Waals surface area contributed by atoms with Gasteiger partial charge in [-0.15, -0.1) is 6.42 Å². The highest BCUT2D eigenvalue weighted by molar-refractivity contribution is 7.88. The summed E-state index contributed by atoms with van der Waals surface area (Å²) in [5.74, 6) is 3.16. The highest BCUT2D eigenvalue weighted by Crippen LogP contribution is 2.43. The third-order valence-electron chi connectivity index (χ3n) is 4.87. The van der Waals surface area contributed by atoms with Gasteiger partial charge in [-0.25, -0.2) is 8.42 Å². The first-order valence-electron chi connectivity index (χ1n) is 9.28. The Morgan fingerprint density at radius 2 is 1.58 bits per heavy atom. The molecule has 0 N–H and O–H groups in total. The second kappa shape index (κ2) is 10.3. The van der Waals surface area contributed by atoms with Gasteiger partial charge in [0, 0.05) is 6.04 Å². The Bertz CT molecular complexity index is 621. The molecule has 0 aliphatic rings. The summed E-state index contributed by atoms with van der Waals surface area (Å²) in [7, 11) is -5.52. The molecule has 0 aliphatic carbocycles. The molecule has 0 aliphatic heterocycles. The monoisotopic (exact) mass is 399 g/mol. The zero-order chi connectivity index (χ0) is 20.7. The molecule has 0 bridgehead atoms. The first-order valence-corrected chi connectivity index (χ1v) is 13.3. The highest BCUT2D eigenvalue weighted by Gasteiger charge is 2.47. The fourth-order valence-corrected chi connectivity index (χ4v) is 10.0. The summed E-state index contributed by atoms with van der Waals surface area (Å²) in [5, 5.41) is 0. The fraction of sp³-hybridized carbons (Fsp3) is 0.700. The van der Waals surface area contributed by atoms with Gasteiger partial charge < -0.3 is 4.43 Å². The van der Waals surface area contributed by atoms with E-state index in [0.717, 1.165) is 5.76 Å². The summed E-state index contributed by atoms with van der Waals surface area (Å²) in [6.45, 7) is 17.2. The summed E-state index contributed by atoms with van der Waals surface area (Å²) in [6, 6.07) is -0.384. The van der Waals surface area contributed by atoms with Crippen molar-refractivity contribution in [1.82, 2.24) is 4.31 Å². The molecule has 0 heterocycles. The van der Waals surface area contributed by atoms with E-state index in [1.165, 1.54) is 10.6 Å². The Hall–Kier alpha value is -1.03. The van der Waals surface area contributed by atoms with Gasteiger partial charge in [0.05, 0.1) is 12.8 Å². The smallest absolute Gasteiger partial charge is 0.258 e. The van der Waals surface area contributed by atoms with Gasteiger partial charge in [0.25, 0.3) is 8.32 Å². The predicted molar refractivity (Wildman–Crippen MR) is 115 cm³/mol. The third-order valence-corrected chi connectivity index (χ3v) is 12.2. The average molecular weight is 400 g/mol. The lowest BCUT2D eigenvalue weighted by Gasteiger charge is -2.42. The largest absolute Gasteiger partial charge is 0.543 e. The van der Waals surface area contributed by atoms with Crippen LogP contribution in [0.3, 0.4) is 0 Å². The quantitative estimate of drug-likeness (QED) is 0.227. The molecule has 0 aromatic heterocycles. The molecule has 26 heavy (non-hydrogen) atoms. The maximum absolute atomic E-state index is 12.1. The number of nitrogens with zero attached hydrogens (tertiary/aromatic N) is 1. The van der Waals surface area contributed by atoms with E-state index in [-0.39, 0.29) is 12.6 Å². The first-order chi connectivity index (χ1) is 11.8. The SMILES string of the molecule is C#CCN(C(C)/C=C(\C=C\C)O[Si](C(C)C)(C(C)C)C(C)C)S(C)(=O)=O. The van der Waals surface area contributed by atoms with Crippen molar-refractivity contribution in [3.8, 4) is 12.3 Å². The topological polar surface area (TPSA) is 46.6 Å². The van der Waals surface area contributed by atoms with Gasteiger partial charge in [0.15, 0.2) is 0 Å². The Balaban J connectivity index is 6.05. The number of terminal acetylenes is 1. The zero-order valence-electron chi connectivity index (χ0n) is 17.9. The van der Waals surface area contributed by atoms with Crippen molar-refractivity contribution in [3.63, 3.8) is 0 Å². The van der Waals surface area contributed by atoms with Crippen LogP contribution in [-0.2, 0) is 14.4 Å². The third kappa shape index (κ3) is 6.29. The molecule has 1 unspecified atom stereocenters. The minimum absolute atomic E-state index is 0.0424. The molecule has 0 rings (SSSR count). The summed E-state index contributed by atoms with van der Waals surface area (Å²) >= 11 is 0. The maximum Gasteiger partial charge on any atom is 0.258 e. The Kier molecular flexibility index (Phi) is 9.93. The molecule has 150 valence electrons. The molecule has 0 aromatic carbocycles. The van der Waals surface area contributed by atoms with Gasteiger partial charge in [-0.1, -0.05) is 53.5 Å². The van der Waals surface area contributed by atoms with E-state index in [4.69, 9.17) is 10.8 Å². The van der Waals surface area contributed by atoms with Crippen LogP contribution in [0.15, 0.2) is 24.0 Å². The summed E-state index contributed by atoms with van der Waals surface area (Å²) in [6.07, 6.45) is 12.2. The highest BCUT2D eigenvalue weighted by atomic mass is 32.2. The van der Waals surface area contributed by atoms with Crippen LogP contribution in [-0.4, -0.2) is 39.9 Å². The summed E-state index contributed by atoms with van der Waals surface area (Å²) in [4.78, 5) is 0. The van der Waals surface area contributed by atoms with Crippen LogP contribution in [0.4, 0.5) is 0 Å². The van der Waals surface area contributed by atoms with Gasteiger partial charge in [0.1, 0.15) is 5.76 Å². The van der Waals surface area contributed by atoms with Crippen molar-refractivity contribution in [2.75, 3.05) is 12.8 Å². The van der Waals surface area contributed by atoms with Crippen LogP contribution in [0.1, 0.15) is 55.4 Å². The Morgan fingerprint density at radius 1 is 1.12 bits per heavy atom. The Morgan fingerprint density at radius 3 is 1.88 bits per heavy atom. The normalized spacial score (nSPS) is 15.3. The minimum Gasteiger partial charge on any atom is -0.543 e. The van der Waals surface area contributed by atoms with Crippen molar-refractivity contribution in [1.29, 1.82) is 0 Å². The van der Waals surface area contributed by atoms with E-state index in [1.54, 1.807) is 0 Å². The molecule has 4 nitrogen and oxygen atoms in total. The number of hydrogen-bond acceptors (Lipinski definition) is 3. The molecule has 0 radical (unpaired) electrons. The molecule has 0 saturated heterocycles. The maximum atomic E-state index is 12.1. The van der Waals surface area contributed by atoms with Crippen LogP contribution >= 0.6 is 0 Å². The van der Waals surface area contributed by atoms with Crippen molar-refractivity contribution < 1.29 is 12.8 Å². The van der Waals surface area contributed by atoms with E-state index in [0.29, 0.717) is 16.6 Å². The van der Waals surface area contributed by atoms with Crippen LogP contribution in [0.2, 0.25) is 16.6 Å². The molecule has 0 amide bonds. The van der Waals surface area contributed by atoms with Crippen LogP contribution in [0, 0.1) is 12.3 Å². The summed E-state index contributed by atoms with van der Waals surface area (Å²) < 4.78 is 32.1. The van der Waals surface area contributed by atoms with Crippen molar-refractivity contribution in [2.24, 2.45) is 0 Å². The van der Waals surface area contributed by atoms with Gasteiger partial charge in [-0.2, -0.15) is 4.31 Å². The van der Waals surface area contributed by atoms with Crippen LogP contribution in [0.5, 0.6) is 0 Å². The number of sulfonamides is 1. The number of hydrogen-bond donors (Lipinski definition) is 0. The van der Waals surface area contributed by atoms with E-state index >= 15 is 0 Å². The molecular weight excluding hydrogens is 362 g/mol. The molecule has 0 fully saturated rings. The standard InChI is InChI=1S/C20H37NO3SSi/c1-11-13-20(15-19(9)21(14-12-2)25(10,22)23)24-26(16(3)4,17(5)6)18(7)8/h2,11,13,15-19H,14H2,1,3-10H3/b13-11+,20-15+. The number of allylic oxidation sites excluding steroid dienone is 2. The molecule has 6 heteroatoms. The minimum atomic E-state index is -3.40. The summed E-state index contributed by atoms with van der Waals surface area (Å²) in [5.41, 5.74) is 1.30. The molecule has 0 spiro atoms. The van der Waals surface area contributed by atoms with E-state index in [2.05, 4.69) is 47.5 Å². The molecule has 1 atom stereocenters. The van der Waals surface area contributed by atoms with Crippen molar-refractivity contribution in [2.45, 2.75) is 78.1 Å². The zero-order valence-corrected chi connectivity index (χ0v) is 19.7. The van der Waals surface area contributed by atoms with E-state index in [1.807, 2.05) is 32.1 Å².